The summed E-state index contributed by atoms with van der Waals surface area (Å²) in [5.41, 5.74) is 0.558. The third kappa shape index (κ3) is 4.40. The van der Waals surface area contributed by atoms with E-state index in [1.165, 1.54) is 12.3 Å². The van der Waals surface area contributed by atoms with E-state index in [4.69, 9.17) is 9.84 Å². The highest BCUT2D eigenvalue weighted by molar-refractivity contribution is 5.85. The molecule has 0 amide bonds. The molecule has 1 aromatic rings. The molecule has 0 aliphatic rings. The highest BCUT2D eigenvalue weighted by Gasteiger charge is 2.17. The quantitative estimate of drug-likeness (QED) is 0.793. The Kier molecular flexibility index (Phi) is 4.45. The summed E-state index contributed by atoms with van der Waals surface area (Å²) >= 11 is 0. The molecule has 0 unspecified atom stereocenters. The van der Waals surface area contributed by atoms with Crippen LogP contribution in [-0.4, -0.2) is 34.8 Å². The van der Waals surface area contributed by atoms with Crippen LogP contribution in [0.2, 0.25) is 0 Å². The maximum atomic E-state index is 10.6. The number of carboxylic acid groups (broad SMARTS) is 1. The lowest BCUT2D eigenvalue weighted by Crippen LogP contribution is -2.33. The van der Waals surface area contributed by atoms with Gasteiger partial charge in [0, 0.05) is 13.2 Å². The van der Waals surface area contributed by atoms with Crippen LogP contribution in [0.1, 0.15) is 31.3 Å². The molecule has 1 heterocycles. The molecular formula is C12H18N2O3. The number of carboxylic acids is 1. The van der Waals surface area contributed by atoms with Crippen molar-refractivity contribution in [1.82, 2.24) is 4.98 Å². The first-order valence-corrected chi connectivity index (χ1v) is 5.52. The standard InChI is InChI=1S/C12H18N2O3/c1-4-17-12(2,3)8-14-9-5-6-10(11(15)16)13-7-9/h5-7,14H,4,8H2,1-3H3,(H,15,16). The van der Waals surface area contributed by atoms with Gasteiger partial charge in [-0.1, -0.05) is 0 Å². The molecule has 0 spiro atoms. The predicted molar refractivity (Wildman–Crippen MR) is 65.4 cm³/mol. The van der Waals surface area contributed by atoms with Crippen LogP contribution in [0.3, 0.4) is 0 Å². The van der Waals surface area contributed by atoms with Crippen molar-refractivity contribution in [3.8, 4) is 0 Å². The average Bonchev–Trinajstić information content (AvgIpc) is 2.27. The summed E-state index contributed by atoms with van der Waals surface area (Å²) in [5.74, 6) is -1.02. The van der Waals surface area contributed by atoms with E-state index in [0.717, 1.165) is 5.69 Å². The maximum Gasteiger partial charge on any atom is 0.354 e. The van der Waals surface area contributed by atoms with Crippen LogP contribution in [0.15, 0.2) is 18.3 Å². The minimum atomic E-state index is -1.02. The first-order chi connectivity index (χ1) is 7.94. The fourth-order valence-corrected chi connectivity index (χ4v) is 1.38. The fourth-order valence-electron chi connectivity index (χ4n) is 1.38. The van der Waals surface area contributed by atoms with Crippen molar-refractivity contribution in [2.75, 3.05) is 18.5 Å². The van der Waals surface area contributed by atoms with E-state index < -0.39 is 5.97 Å². The van der Waals surface area contributed by atoms with Crippen LogP contribution in [0.5, 0.6) is 0 Å². The molecule has 0 atom stereocenters. The Bertz CT molecular complexity index is 374. The summed E-state index contributed by atoms with van der Waals surface area (Å²) in [6.07, 6.45) is 1.51. The Labute approximate surface area is 101 Å². The molecule has 0 aliphatic heterocycles. The molecular weight excluding hydrogens is 220 g/mol. The zero-order valence-electron chi connectivity index (χ0n) is 10.4. The SMILES string of the molecule is CCOC(C)(C)CNc1ccc(C(=O)O)nc1. The zero-order valence-corrected chi connectivity index (χ0v) is 10.4. The van der Waals surface area contributed by atoms with Gasteiger partial charge in [0.2, 0.25) is 0 Å². The highest BCUT2D eigenvalue weighted by atomic mass is 16.5. The molecule has 94 valence electrons. The number of hydrogen-bond acceptors (Lipinski definition) is 4. The second-order valence-electron chi connectivity index (χ2n) is 4.28. The Morgan fingerprint density at radius 1 is 1.53 bits per heavy atom. The Balaban J connectivity index is 2.55. The van der Waals surface area contributed by atoms with Gasteiger partial charge in [-0.2, -0.15) is 0 Å². The van der Waals surface area contributed by atoms with E-state index in [9.17, 15) is 4.79 Å². The molecule has 0 aliphatic carbocycles. The van der Waals surface area contributed by atoms with Crippen molar-refractivity contribution in [2.24, 2.45) is 0 Å². The van der Waals surface area contributed by atoms with Crippen LogP contribution in [-0.2, 0) is 4.74 Å². The average molecular weight is 238 g/mol. The van der Waals surface area contributed by atoms with Crippen molar-refractivity contribution in [2.45, 2.75) is 26.4 Å². The molecule has 17 heavy (non-hydrogen) atoms. The number of rotatable bonds is 6. The van der Waals surface area contributed by atoms with Gasteiger partial charge in [0.15, 0.2) is 0 Å². The Morgan fingerprint density at radius 2 is 2.24 bits per heavy atom. The predicted octanol–water partition coefficient (Wildman–Crippen LogP) is 2.01. The molecule has 0 aromatic carbocycles. The lowest BCUT2D eigenvalue weighted by molar-refractivity contribution is 0.000686. The minimum absolute atomic E-state index is 0.0413. The number of nitrogens with zero attached hydrogens (tertiary/aromatic N) is 1. The van der Waals surface area contributed by atoms with Gasteiger partial charge >= 0.3 is 5.97 Å². The Hall–Kier alpha value is -1.62. The van der Waals surface area contributed by atoms with Crippen molar-refractivity contribution < 1.29 is 14.6 Å². The van der Waals surface area contributed by atoms with Crippen LogP contribution in [0.4, 0.5) is 5.69 Å². The third-order valence-corrected chi connectivity index (χ3v) is 2.24. The summed E-state index contributed by atoms with van der Waals surface area (Å²) < 4.78 is 5.54. The van der Waals surface area contributed by atoms with Gasteiger partial charge in [-0.25, -0.2) is 9.78 Å². The maximum absolute atomic E-state index is 10.6. The van der Waals surface area contributed by atoms with E-state index in [1.54, 1.807) is 6.07 Å². The monoisotopic (exact) mass is 238 g/mol. The fraction of sp³-hybridized carbons (Fsp3) is 0.500. The molecule has 0 saturated carbocycles. The molecule has 5 heteroatoms. The number of ether oxygens (including phenoxy) is 1. The number of pyridine rings is 1. The van der Waals surface area contributed by atoms with Gasteiger partial charge in [-0.15, -0.1) is 0 Å². The van der Waals surface area contributed by atoms with Crippen LogP contribution < -0.4 is 5.32 Å². The smallest absolute Gasteiger partial charge is 0.354 e. The van der Waals surface area contributed by atoms with Crippen LogP contribution in [0, 0.1) is 0 Å². The summed E-state index contributed by atoms with van der Waals surface area (Å²) in [7, 11) is 0. The lowest BCUT2D eigenvalue weighted by Gasteiger charge is -2.25. The van der Waals surface area contributed by atoms with Crippen molar-refractivity contribution in [3.05, 3.63) is 24.0 Å². The molecule has 1 aromatic heterocycles. The zero-order chi connectivity index (χ0) is 12.9. The van der Waals surface area contributed by atoms with Gasteiger partial charge < -0.3 is 15.2 Å². The number of aromatic carboxylic acids is 1. The second-order valence-corrected chi connectivity index (χ2v) is 4.28. The molecule has 2 N–H and O–H groups in total. The summed E-state index contributed by atoms with van der Waals surface area (Å²) in [6, 6.07) is 3.16. The molecule has 0 saturated heterocycles. The van der Waals surface area contributed by atoms with Crippen molar-refractivity contribution in [3.63, 3.8) is 0 Å². The van der Waals surface area contributed by atoms with E-state index >= 15 is 0 Å². The molecule has 1 rings (SSSR count). The number of carbonyl (C=O) groups is 1. The molecule has 0 bridgehead atoms. The van der Waals surface area contributed by atoms with E-state index in [1.807, 2.05) is 20.8 Å². The minimum Gasteiger partial charge on any atom is -0.477 e. The summed E-state index contributed by atoms with van der Waals surface area (Å²) in [5, 5.41) is 11.9. The first-order valence-electron chi connectivity index (χ1n) is 5.52. The van der Waals surface area contributed by atoms with E-state index in [2.05, 4.69) is 10.3 Å². The summed E-state index contributed by atoms with van der Waals surface area (Å²) in [6.45, 7) is 7.22. The number of anilines is 1. The van der Waals surface area contributed by atoms with Crippen LogP contribution >= 0.6 is 0 Å². The third-order valence-electron chi connectivity index (χ3n) is 2.24. The van der Waals surface area contributed by atoms with E-state index in [0.29, 0.717) is 13.2 Å². The van der Waals surface area contributed by atoms with E-state index in [-0.39, 0.29) is 11.3 Å². The van der Waals surface area contributed by atoms with Gasteiger partial charge in [-0.05, 0) is 32.9 Å². The lowest BCUT2D eigenvalue weighted by atomic mass is 10.1. The highest BCUT2D eigenvalue weighted by Crippen LogP contribution is 2.12. The van der Waals surface area contributed by atoms with Crippen LogP contribution in [0.25, 0.3) is 0 Å². The van der Waals surface area contributed by atoms with Gasteiger partial charge in [-0.3, -0.25) is 0 Å². The van der Waals surface area contributed by atoms with Crippen molar-refractivity contribution in [1.29, 1.82) is 0 Å². The first kappa shape index (κ1) is 13.4. The van der Waals surface area contributed by atoms with Crippen molar-refractivity contribution >= 4 is 11.7 Å². The van der Waals surface area contributed by atoms with Gasteiger partial charge in [0.05, 0.1) is 17.5 Å². The molecule has 0 radical (unpaired) electrons. The summed E-state index contributed by atoms with van der Waals surface area (Å²) in [4.78, 5) is 14.4. The largest absolute Gasteiger partial charge is 0.477 e. The molecule has 0 fully saturated rings. The Morgan fingerprint density at radius 3 is 2.71 bits per heavy atom. The van der Waals surface area contributed by atoms with Gasteiger partial charge in [0.25, 0.3) is 0 Å². The normalized spacial score (nSPS) is 11.2. The molecule has 5 nitrogen and oxygen atoms in total. The van der Waals surface area contributed by atoms with Gasteiger partial charge in [0.1, 0.15) is 5.69 Å². The topological polar surface area (TPSA) is 71.5 Å². The number of hydrogen-bond donors (Lipinski definition) is 2. The number of aromatic nitrogens is 1. The second kappa shape index (κ2) is 5.63. The number of nitrogens with one attached hydrogen (secondary N) is 1.